The van der Waals surface area contributed by atoms with E-state index in [-0.39, 0.29) is 18.3 Å². The van der Waals surface area contributed by atoms with Crippen LogP contribution in [0.2, 0.25) is 0 Å². The molecular weight excluding hydrogens is 208 g/mol. The Labute approximate surface area is 95.0 Å². The molecule has 0 fully saturated rings. The molecule has 0 amide bonds. The number of nitrogens with zero attached hydrogens (tertiary/aromatic N) is 4. The van der Waals surface area contributed by atoms with Crippen LogP contribution >= 0.6 is 0 Å². The second-order valence-corrected chi connectivity index (χ2v) is 3.57. The standard InChI is InChI=1S/C10H18N4O2/c1-4-6-9(16-5-2)8(15)7-10-11-13-14(3)12-10/h9H,4-7H2,1-3H3. The van der Waals surface area contributed by atoms with Gasteiger partial charge in [-0.1, -0.05) is 13.3 Å². The summed E-state index contributed by atoms with van der Waals surface area (Å²) in [5.41, 5.74) is 0. The number of hydrogen-bond acceptors (Lipinski definition) is 5. The average Bonchev–Trinajstić information content (AvgIpc) is 2.63. The fourth-order valence-corrected chi connectivity index (χ4v) is 1.46. The Balaban J connectivity index is 2.54. The normalized spacial score (nSPS) is 12.7. The summed E-state index contributed by atoms with van der Waals surface area (Å²) < 4.78 is 5.39. The number of ketones is 1. The van der Waals surface area contributed by atoms with Gasteiger partial charge in [-0.2, -0.15) is 4.80 Å². The van der Waals surface area contributed by atoms with Crippen molar-refractivity contribution in [3.63, 3.8) is 0 Å². The first-order chi connectivity index (χ1) is 7.67. The monoisotopic (exact) mass is 226 g/mol. The highest BCUT2D eigenvalue weighted by molar-refractivity contribution is 5.84. The number of carbonyl (C=O) groups excluding carboxylic acids is 1. The summed E-state index contributed by atoms with van der Waals surface area (Å²) in [4.78, 5) is 13.2. The van der Waals surface area contributed by atoms with Crippen LogP contribution in [0.1, 0.15) is 32.5 Å². The zero-order chi connectivity index (χ0) is 12.0. The maximum absolute atomic E-state index is 11.9. The molecular formula is C10H18N4O2. The number of hydrogen-bond donors (Lipinski definition) is 0. The van der Waals surface area contributed by atoms with Crippen molar-refractivity contribution in [2.24, 2.45) is 7.05 Å². The predicted octanol–water partition coefficient (Wildman–Crippen LogP) is 0.527. The largest absolute Gasteiger partial charge is 0.371 e. The van der Waals surface area contributed by atoms with Crippen molar-refractivity contribution in [3.8, 4) is 0 Å². The minimum absolute atomic E-state index is 0.0247. The van der Waals surface area contributed by atoms with Gasteiger partial charge in [-0.25, -0.2) is 0 Å². The molecule has 0 aliphatic heterocycles. The van der Waals surface area contributed by atoms with Crippen LogP contribution in [-0.2, 0) is 23.0 Å². The molecule has 1 unspecified atom stereocenters. The first kappa shape index (κ1) is 12.8. The van der Waals surface area contributed by atoms with E-state index in [1.165, 1.54) is 4.80 Å². The second kappa shape index (κ2) is 6.32. The summed E-state index contributed by atoms with van der Waals surface area (Å²) in [5.74, 6) is 0.477. The smallest absolute Gasteiger partial charge is 0.182 e. The van der Waals surface area contributed by atoms with Gasteiger partial charge >= 0.3 is 0 Å². The van der Waals surface area contributed by atoms with Crippen LogP contribution < -0.4 is 0 Å². The van der Waals surface area contributed by atoms with Gasteiger partial charge in [0.05, 0.1) is 13.5 Å². The van der Waals surface area contributed by atoms with Crippen LogP contribution in [0.25, 0.3) is 0 Å². The molecule has 6 nitrogen and oxygen atoms in total. The topological polar surface area (TPSA) is 69.9 Å². The number of ether oxygens (including phenoxy) is 1. The predicted molar refractivity (Wildman–Crippen MR) is 57.8 cm³/mol. The lowest BCUT2D eigenvalue weighted by molar-refractivity contribution is -0.130. The molecule has 1 aromatic rings. The molecule has 1 heterocycles. The summed E-state index contributed by atoms with van der Waals surface area (Å²) in [6.45, 7) is 4.46. The molecule has 0 radical (unpaired) electrons. The van der Waals surface area contributed by atoms with E-state index in [2.05, 4.69) is 15.4 Å². The molecule has 0 aliphatic carbocycles. The lowest BCUT2D eigenvalue weighted by Gasteiger charge is -2.13. The first-order valence-electron chi connectivity index (χ1n) is 5.54. The van der Waals surface area contributed by atoms with Crippen LogP contribution in [0.4, 0.5) is 0 Å². The minimum Gasteiger partial charge on any atom is -0.371 e. The quantitative estimate of drug-likeness (QED) is 0.678. The van der Waals surface area contributed by atoms with Gasteiger partial charge in [-0.15, -0.1) is 10.2 Å². The van der Waals surface area contributed by atoms with Crippen molar-refractivity contribution in [1.82, 2.24) is 20.2 Å². The maximum atomic E-state index is 11.9. The van der Waals surface area contributed by atoms with E-state index in [0.717, 1.165) is 12.8 Å². The van der Waals surface area contributed by atoms with Crippen molar-refractivity contribution in [3.05, 3.63) is 5.82 Å². The zero-order valence-corrected chi connectivity index (χ0v) is 10.0. The molecule has 0 aromatic carbocycles. The van der Waals surface area contributed by atoms with E-state index in [0.29, 0.717) is 12.4 Å². The third kappa shape index (κ3) is 3.69. The molecule has 1 atom stereocenters. The molecule has 16 heavy (non-hydrogen) atoms. The lowest BCUT2D eigenvalue weighted by Crippen LogP contribution is -2.26. The SMILES string of the molecule is CCCC(OCC)C(=O)Cc1nnn(C)n1. The second-order valence-electron chi connectivity index (χ2n) is 3.57. The Morgan fingerprint density at radius 3 is 2.75 bits per heavy atom. The van der Waals surface area contributed by atoms with Crippen LogP contribution in [0.15, 0.2) is 0 Å². The highest BCUT2D eigenvalue weighted by Crippen LogP contribution is 2.06. The van der Waals surface area contributed by atoms with E-state index < -0.39 is 0 Å². The number of rotatable bonds is 7. The van der Waals surface area contributed by atoms with Gasteiger partial charge in [0.25, 0.3) is 0 Å². The molecule has 0 spiro atoms. The van der Waals surface area contributed by atoms with Gasteiger partial charge in [0, 0.05) is 6.61 Å². The molecule has 0 saturated carbocycles. The summed E-state index contributed by atoms with van der Waals surface area (Å²) in [7, 11) is 1.67. The molecule has 0 saturated heterocycles. The highest BCUT2D eigenvalue weighted by atomic mass is 16.5. The molecule has 0 N–H and O–H groups in total. The third-order valence-corrected chi connectivity index (χ3v) is 2.16. The fraction of sp³-hybridized carbons (Fsp3) is 0.800. The summed E-state index contributed by atoms with van der Waals surface area (Å²) in [6.07, 6.45) is 1.52. The van der Waals surface area contributed by atoms with Crippen LogP contribution in [0.5, 0.6) is 0 Å². The molecule has 1 rings (SSSR count). The van der Waals surface area contributed by atoms with Crippen molar-refractivity contribution < 1.29 is 9.53 Å². The van der Waals surface area contributed by atoms with Crippen molar-refractivity contribution in [2.75, 3.05) is 6.61 Å². The molecule has 6 heteroatoms. The zero-order valence-electron chi connectivity index (χ0n) is 10.0. The van der Waals surface area contributed by atoms with Crippen LogP contribution in [0.3, 0.4) is 0 Å². The maximum Gasteiger partial charge on any atom is 0.182 e. The van der Waals surface area contributed by atoms with E-state index in [9.17, 15) is 4.79 Å². The Morgan fingerprint density at radius 2 is 2.25 bits per heavy atom. The Kier molecular flexibility index (Phi) is 5.04. The van der Waals surface area contributed by atoms with Gasteiger partial charge < -0.3 is 4.74 Å². The highest BCUT2D eigenvalue weighted by Gasteiger charge is 2.19. The van der Waals surface area contributed by atoms with E-state index in [4.69, 9.17) is 4.74 Å². The molecule has 1 aromatic heterocycles. The van der Waals surface area contributed by atoms with Crippen molar-refractivity contribution in [2.45, 2.75) is 39.2 Å². The fourth-order valence-electron chi connectivity index (χ4n) is 1.46. The molecule has 90 valence electrons. The summed E-state index contributed by atoms with van der Waals surface area (Å²) in [5, 5.41) is 11.4. The van der Waals surface area contributed by atoms with E-state index in [1.807, 2.05) is 13.8 Å². The Hall–Kier alpha value is -1.30. The summed E-state index contributed by atoms with van der Waals surface area (Å²) >= 11 is 0. The van der Waals surface area contributed by atoms with Gasteiger partial charge in [-0.05, 0) is 18.6 Å². The van der Waals surface area contributed by atoms with Gasteiger partial charge in [-0.3, -0.25) is 4.79 Å². The van der Waals surface area contributed by atoms with Crippen molar-refractivity contribution >= 4 is 5.78 Å². The van der Waals surface area contributed by atoms with Gasteiger partial charge in [0.15, 0.2) is 11.6 Å². The van der Waals surface area contributed by atoms with Gasteiger partial charge in [0.2, 0.25) is 0 Å². The Bertz CT molecular complexity index is 331. The molecule has 0 aliphatic rings. The van der Waals surface area contributed by atoms with E-state index >= 15 is 0 Å². The number of carbonyl (C=O) groups is 1. The van der Waals surface area contributed by atoms with E-state index in [1.54, 1.807) is 7.05 Å². The molecule has 0 bridgehead atoms. The van der Waals surface area contributed by atoms with Crippen LogP contribution in [-0.4, -0.2) is 38.7 Å². The van der Waals surface area contributed by atoms with Gasteiger partial charge in [0.1, 0.15) is 6.10 Å². The number of Topliss-reactive ketones (excluding diaryl/α,β-unsaturated/α-hetero) is 1. The first-order valence-corrected chi connectivity index (χ1v) is 5.54. The third-order valence-electron chi connectivity index (χ3n) is 2.16. The number of tetrazole rings is 1. The number of aryl methyl sites for hydroxylation is 1. The number of aromatic nitrogens is 4. The van der Waals surface area contributed by atoms with Crippen LogP contribution in [0, 0.1) is 0 Å². The average molecular weight is 226 g/mol. The minimum atomic E-state index is -0.334. The summed E-state index contributed by atoms with van der Waals surface area (Å²) in [6, 6.07) is 0. The Morgan fingerprint density at radius 1 is 1.50 bits per heavy atom. The van der Waals surface area contributed by atoms with Crippen molar-refractivity contribution in [1.29, 1.82) is 0 Å². The lowest BCUT2D eigenvalue weighted by atomic mass is 10.1.